The highest BCUT2D eigenvalue weighted by Gasteiger charge is 2.27. The number of nitrogens with zero attached hydrogens (tertiary/aromatic N) is 2. The predicted octanol–water partition coefficient (Wildman–Crippen LogP) is 2.20. The van der Waals surface area contributed by atoms with Gasteiger partial charge in [-0.25, -0.2) is 0 Å². The Balaban J connectivity index is 2.36. The van der Waals surface area contributed by atoms with Gasteiger partial charge < -0.3 is 9.64 Å². The van der Waals surface area contributed by atoms with E-state index in [1.54, 1.807) is 18.2 Å². The van der Waals surface area contributed by atoms with Gasteiger partial charge in [0.1, 0.15) is 11.1 Å². The molecule has 0 radical (unpaired) electrons. The maximum Gasteiger partial charge on any atom is 0.265 e. The highest BCUT2D eigenvalue weighted by molar-refractivity contribution is 6.31. The Labute approximate surface area is 108 Å². The smallest absolute Gasteiger partial charge is 0.265 e. The van der Waals surface area contributed by atoms with Crippen LogP contribution in [0.25, 0.3) is 0 Å². The zero-order chi connectivity index (χ0) is 12.4. The molecule has 0 aromatic heterocycles. The van der Waals surface area contributed by atoms with E-state index < -0.39 is 5.38 Å². The van der Waals surface area contributed by atoms with Gasteiger partial charge in [-0.3, -0.25) is 4.79 Å². The van der Waals surface area contributed by atoms with E-state index in [-0.39, 0.29) is 19.1 Å². The molecule has 1 aromatic rings. The molecule has 4 nitrogen and oxygen atoms in total. The molecule has 17 heavy (non-hydrogen) atoms. The topological polar surface area (TPSA) is 53.3 Å². The summed E-state index contributed by atoms with van der Waals surface area (Å²) in [6, 6.07) is 6.86. The largest absolute Gasteiger partial charge is 0.482 e. The minimum atomic E-state index is -0.760. The van der Waals surface area contributed by atoms with Crippen molar-refractivity contribution in [3.63, 3.8) is 0 Å². The lowest BCUT2D eigenvalue weighted by atomic mass is 10.2. The van der Waals surface area contributed by atoms with Crippen LogP contribution in [0.3, 0.4) is 0 Å². The average Bonchev–Trinajstić information content (AvgIpc) is 2.32. The number of hydrogen-bond acceptors (Lipinski definition) is 3. The van der Waals surface area contributed by atoms with Crippen molar-refractivity contribution in [1.29, 1.82) is 5.26 Å². The van der Waals surface area contributed by atoms with Crippen molar-refractivity contribution < 1.29 is 9.53 Å². The second kappa shape index (κ2) is 4.82. The lowest BCUT2D eigenvalue weighted by Crippen LogP contribution is -2.41. The molecule has 1 unspecified atom stereocenters. The first-order valence-electron chi connectivity index (χ1n) is 4.88. The summed E-state index contributed by atoms with van der Waals surface area (Å²) in [5.74, 6) is 0.330. The Morgan fingerprint density at radius 2 is 2.35 bits per heavy atom. The molecule has 1 aromatic carbocycles. The third-order valence-electron chi connectivity index (χ3n) is 2.35. The molecule has 0 saturated carbocycles. The third kappa shape index (κ3) is 2.46. The summed E-state index contributed by atoms with van der Waals surface area (Å²) in [6.07, 6.45) is 0. The van der Waals surface area contributed by atoms with Gasteiger partial charge in [-0.05, 0) is 18.2 Å². The van der Waals surface area contributed by atoms with Crippen LogP contribution in [0.15, 0.2) is 18.2 Å². The lowest BCUT2D eigenvalue weighted by molar-refractivity contribution is -0.121. The lowest BCUT2D eigenvalue weighted by Gasteiger charge is -2.29. The molecule has 6 heteroatoms. The molecule has 1 aliphatic heterocycles. The standard InChI is InChI=1S/C11H8Cl2N2O2/c12-7-1-2-10-9(3-7)15(5-8(13)4-14)11(16)6-17-10/h1-3,8H,5-6H2. The van der Waals surface area contributed by atoms with Gasteiger partial charge in [0.25, 0.3) is 5.91 Å². The van der Waals surface area contributed by atoms with Crippen LogP contribution in [0.5, 0.6) is 5.75 Å². The number of benzene rings is 1. The second-order valence-electron chi connectivity index (χ2n) is 3.50. The summed E-state index contributed by atoms with van der Waals surface area (Å²) in [5, 5.41) is 8.41. The van der Waals surface area contributed by atoms with E-state index in [9.17, 15) is 4.79 Å². The maximum atomic E-state index is 11.7. The van der Waals surface area contributed by atoms with Crippen molar-refractivity contribution >= 4 is 34.8 Å². The van der Waals surface area contributed by atoms with E-state index >= 15 is 0 Å². The Hall–Kier alpha value is -1.44. The number of amides is 1. The predicted molar refractivity (Wildman–Crippen MR) is 64.6 cm³/mol. The second-order valence-corrected chi connectivity index (χ2v) is 4.46. The molecule has 0 fully saturated rings. The first-order chi connectivity index (χ1) is 8.11. The van der Waals surface area contributed by atoms with Crippen LogP contribution in [0, 0.1) is 11.3 Å². The van der Waals surface area contributed by atoms with Gasteiger partial charge in [-0.15, -0.1) is 11.6 Å². The minimum Gasteiger partial charge on any atom is -0.482 e. The molecule has 0 bridgehead atoms. The quantitative estimate of drug-likeness (QED) is 0.775. The fourth-order valence-electron chi connectivity index (χ4n) is 1.58. The van der Waals surface area contributed by atoms with Crippen LogP contribution in [0.2, 0.25) is 5.02 Å². The molecule has 1 atom stereocenters. The van der Waals surface area contributed by atoms with Crippen molar-refractivity contribution in [3.05, 3.63) is 23.2 Å². The van der Waals surface area contributed by atoms with Gasteiger partial charge in [0.15, 0.2) is 6.61 Å². The van der Waals surface area contributed by atoms with Crippen LogP contribution < -0.4 is 9.64 Å². The van der Waals surface area contributed by atoms with Crippen LogP contribution in [-0.2, 0) is 4.79 Å². The van der Waals surface area contributed by atoms with Crippen LogP contribution in [-0.4, -0.2) is 24.4 Å². The van der Waals surface area contributed by atoms with E-state index in [0.29, 0.717) is 16.5 Å². The van der Waals surface area contributed by atoms with Crippen molar-refractivity contribution in [2.24, 2.45) is 0 Å². The SMILES string of the molecule is N#CC(Cl)CN1C(=O)COc2ccc(Cl)cc21. The molecule has 1 amide bonds. The number of halogens is 2. The summed E-state index contributed by atoms with van der Waals surface area (Å²) < 4.78 is 5.26. The Morgan fingerprint density at radius 1 is 1.59 bits per heavy atom. The highest BCUT2D eigenvalue weighted by atomic mass is 35.5. The van der Waals surface area contributed by atoms with Crippen molar-refractivity contribution in [2.45, 2.75) is 5.38 Å². The summed E-state index contributed by atoms with van der Waals surface area (Å²) >= 11 is 11.6. The Bertz CT molecular complexity index is 499. The number of carbonyl (C=O) groups excluding carboxylic acids is 1. The summed E-state index contributed by atoms with van der Waals surface area (Å²) in [4.78, 5) is 13.1. The zero-order valence-electron chi connectivity index (χ0n) is 8.69. The fourth-order valence-corrected chi connectivity index (χ4v) is 1.88. The van der Waals surface area contributed by atoms with Gasteiger partial charge in [0.05, 0.1) is 18.3 Å². The van der Waals surface area contributed by atoms with Crippen LogP contribution in [0.1, 0.15) is 0 Å². The normalized spacial score (nSPS) is 15.8. The number of rotatable bonds is 2. The average molecular weight is 271 g/mol. The van der Waals surface area contributed by atoms with Crippen molar-refractivity contribution in [2.75, 3.05) is 18.1 Å². The summed E-state index contributed by atoms with van der Waals surface area (Å²) in [7, 11) is 0. The van der Waals surface area contributed by atoms with Gasteiger partial charge in [0, 0.05) is 5.02 Å². The number of anilines is 1. The van der Waals surface area contributed by atoms with Crippen LogP contribution in [0.4, 0.5) is 5.69 Å². The van der Waals surface area contributed by atoms with Gasteiger partial charge in [-0.2, -0.15) is 5.26 Å². The molecule has 1 heterocycles. The number of alkyl halides is 1. The molecular weight excluding hydrogens is 263 g/mol. The molecule has 0 aliphatic carbocycles. The van der Waals surface area contributed by atoms with E-state index in [1.165, 1.54) is 4.90 Å². The van der Waals surface area contributed by atoms with Crippen molar-refractivity contribution in [3.8, 4) is 11.8 Å². The van der Waals surface area contributed by atoms with Crippen LogP contribution >= 0.6 is 23.2 Å². The van der Waals surface area contributed by atoms with E-state index in [0.717, 1.165) is 0 Å². The molecule has 0 spiro atoms. The molecule has 88 valence electrons. The minimum absolute atomic E-state index is 0.0519. The zero-order valence-corrected chi connectivity index (χ0v) is 10.2. The number of ether oxygens (including phenoxy) is 1. The molecule has 0 N–H and O–H groups in total. The first-order valence-corrected chi connectivity index (χ1v) is 5.69. The molecule has 0 saturated heterocycles. The van der Waals surface area contributed by atoms with E-state index in [4.69, 9.17) is 33.2 Å². The first kappa shape index (κ1) is 12.0. The van der Waals surface area contributed by atoms with Gasteiger partial charge in [-0.1, -0.05) is 11.6 Å². The Morgan fingerprint density at radius 3 is 3.06 bits per heavy atom. The number of hydrogen-bond donors (Lipinski definition) is 0. The van der Waals surface area contributed by atoms with Crippen molar-refractivity contribution in [1.82, 2.24) is 0 Å². The molecule has 1 aliphatic rings. The summed E-state index contributed by atoms with van der Waals surface area (Å²) in [6.45, 7) is 0.0667. The fraction of sp³-hybridized carbons (Fsp3) is 0.273. The maximum absolute atomic E-state index is 11.7. The van der Waals surface area contributed by atoms with Gasteiger partial charge >= 0.3 is 0 Å². The number of carbonyl (C=O) groups is 1. The summed E-state index contributed by atoms with van der Waals surface area (Å²) in [5.41, 5.74) is 0.551. The highest BCUT2D eigenvalue weighted by Crippen LogP contribution is 2.34. The number of fused-ring (bicyclic) bond motifs is 1. The third-order valence-corrected chi connectivity index (χ3v) is 2.82. The van der Waals surface area contributed by atoms with E-state index in [2.05, 4.69) is 0 Å². The van der Waals surface area contributed by atoms with Gasteiger partial charge in [0.2, 0.25) is 0 Å². The number of nitriles is 1. The van der Waals surface area contributed by atoms with E-state index in [1.807, 2.05) is 6.07 Å². The molecule has 2 rings (SSSR count). The molecular formula is C11H8Cl2N2O2. The monoisotopic (exact) mass is 270 g/mol. The Kier molecular flexibility index (Phi) is 3.41.